The topological polar surface area (TPSA) is 64.3 Å². The Hall–Kier alpha value is -2.02. The summed E-state index contributed by atoms with van der Waals surface area (Å²) in [5.41, 5.74) is 2.62. The first-order valence-corrected chi connectivity index (χ1v) is 6.20. The summed E-state index contributed by atoms with van der Waals surface area (Å²) >= 11 is 0. The second-order valence-electron chi connectivity index (χ2n) is 4.50. The molecule has 0 bridgehead atoms. The lowest BCUT2D eigenvalue weighted by Gasteiger charge is -2.19. The Morgan fingerprint density at radius 3 is 3.00 bits per heavy atom. The van der Waals surface area contributed by atoms with Crippen molar-refractivity contribution >= 4 is 11.7 Å². The van der Waals surface area contributed by atoms with E-state index in [9.17, 15) is 4.79 Å². The number of aromatic carboxylic acids is 1. The monoisotopic (exact) mass is 244 g/mol. The zero-order valence-corrected chi connectivity index (χ0v) is 10.2. The van der Waals surface area contributed by atoms with Crippen LogP contribution in [0.5, 0.6) is 0 Å². The minimum atomic E-state index is -0.880. The van der Waals surface area contributed by atoms with Crippen LogP contribution in [-0.4, -0.2) is 24.2 Å². The van der Waals surface area contributed by atoms with Crippen molar-refractivity contribution in [1.29, 1.82) is 5.26 Å². The van der Waals surface area contributed by atoms with E-state index in [1.54, 1.807) is 12.1 Å². The molecule has 0 saturated heterocycles. The second-order valence-corrected chi connectivity index (χ2v) is 4.50. The van der Waals surface area contributed by atoms with E-state index in [0.29, 0.717) is 12.0 Å². The highest BCUT2D eigenvalue weighted by Crippen LogP contribution is 2.29. The number of unbranched alkanes of at least 4 members (excludes halogenated alkanes) is 2. The molecule has 1 aromatic rings. The normalized spacial score (nSPS) is 13.2. The summed E-state index contributed by atoms with van der Waals surface area (Å²) < 4.78 is 0. The summed E-state index contributed by atoms with van der Waals surface area (Å²) in [6.07, 6.45) is 3.45. The number of hydrogen-bond acceptors (Lipinski definition) is 3. The first kappa shape index (κ1) is 12.4. The van der Waals surface area contributed by atoms with Gasteiger partial charge >= 0.3 is 5.97 Å². The molecule has 2 rings (SSSR count). The van der Waals surface area contributed by atoms with Gasteiger partial charge < -0.3 is 10.0 Å². The van der Waals surface area contributed by atoms with Crippen LogP contribution in [0.15, 0.2) is 18.2 Å². The number of benzene rings is 1. The molecule has 1 N–H and O–H groups in total. The van der Waals surface area contributed by atoms with Gasteiger partial charge in [0.2, 0.25) is 0 Å². The molecule has 0 aliphatic carbocycles. The SMILES string of the molecule is N#CCCCCN1CCc2ccc(C(=O)O)cc21. The lowest BCUT2D eigenvalue weighted by atomic mass is 10.1. The second kappa shape index (κ2) is 5.54. The fourth-order valence-electron chi connectivity index (χ4n) is 2.32. The number of rotatable bonds is 5. The molecule has 94 valence electrons. The Kier molecular flexibility index (Phi) is 3.83. The van der Waals surface area contributed by atoms with Gasteiger partial charge in [0, 0.05) is 25.2 Å². The van der Waals surface area contributed by atoms with Crippen LogP contribution in [0.4, 0.5) is 5.69 Å². The fourth-order valence-corrected chi connectivity index (χ4v) is 2.32. The Bertz CT molecular complexity index is 491. The van der Waals surface area contributed by atoms with E-state index in [1.165, 1.54) is 5.56 Å². The predicted octanol–water partition coefficient (Wildman–Crippen LogP) is 2.44. The molecular weight excluding hydrogens is 228 g/mol. The van der Waals surface area contributed by atoms with Crippen LogP contribution in [0.3, 0.4) is 0 Å². The maximum absolute atomic E-state index is 11.0. The molecule has 0 unspecified atom stereocenters. The molecule has 1 heterocycles. The van der Waals surface area contributed by atoms with Crippen molar-refractivity contribution in [2.24, 2.45) is 0 Å². The summed E-state index contributed by atoms with van der Waals surface area (Å²) in [5.74, 6) is -0.880. The maximum atomic E-state index is 11.0. The highest BCUT2D eigenvalue weighted by atomic mass is 16.4. The number of carboxylic acid groups (broad SMARTS) is 1. The molecule has 0 aromatic heterocycles. The smallest absolute Gasteiger partial charge is 0.335 e. The van der Waals surface area contributed by atoms with Crippen LogP contribution in [0.25, 0.3) is 0 Å². The summed E-state index contributed by atoms with van der Waals surface area (Å²) in [6, 6.07) is 7.48. The van der Waals surface area contributed by atoms with Crippen LogP contribution in [0, 0.1) is 11.3 Å². The molecular formula is C14H16N2O2. The molecule has 0 atom stereocenters. The lowest BCUT2D eigenvalue weighted by Crippen LogP contribution is -2.21. The van der Waals surface area contributed by atoms with Crippen molar-refractivity contribution in [3.05, 3.63) is 29.3 Å². The molecule has 1 aliphatic heterocycles. The Morgan fingerprint density at radius 2 is 2.28 bits per heavy atom. The highest BCUT2D eigenvalue weighted by Gasteiger charge is 2.19. The molecule has 4 nitrogen and oxygen atoms in total. The standard InChI is InChI=1S/C14H16N2O2/c15-7-2-1-3-8-16-9-6-11-4-5-12(14(17)18)10-13(11)16/h4-5,10H,1-3,6,8-9H2,(H,17,18). The van der Waals surface area contributed by atoms with Crippen LogP contribution in [0.1, 0.15) is 35.2 Å². The quantitative estimate of drug-likeness (QED) is 0.808. The van der Waals surface area contributed by atoms with Gasteiger partial charge in [0.1, 0.15) is 0 Å². The van der Waals surface area contributed by atoms with E-state index in [4.69, 9.17) is 10.4 Å². The van der Waals surface area contributed by atoms with Crippen molar-refractivity contribution in [3.8, 4) is 6.07 Å². The van der Waals surface area contributed by atoms with E-state index < -0.39 is 5.97 Å². The number of carbonyl (C=O) groups is 1. The molecule has 0 spiro atoms. The van der Waals surface area contributed by atoms with Crippen molar-refractivity contribution in [2.75, 3.05) is 18.0 Å². The zero-order valence-electron chi connectivity index (χ0n) is 10.2. The summed E-state index contributed by atoms with van der Waals surface area (Å²) in [4.78, 5) is 13.2. The molecule has 1 aliphatic rings. The first-order chi connectivity index (χ1) is 8.72. The molecule has 0 radical (unpaired) electrons. The van der Waals surface area contributed by atoms with Crippen molar-refractivity contribution < 1.29 is 9.90 Å². The van der Waals surface area contributed by atoms with Gasteiger partial charge in [-0.3, -0.25) is 0 Å². The third-order valence-corrected chi connectivity index (χ3v) is 3.29. The van der Waals surface area contributed by atoms with E-state index in [2.05, 4.69) is 11.0 Å². The number of anilines is 1. The summed E-state index contributed by atoms with van der Waals surface area (Å²) in [7, 11) is 0. The van der Waals surface area contributed by atoms with Gasteiger partial charge in [-0.05, 0) is 37.0 Å². The first-order valence-electron chi connectivity index (χ1n) is 6.20. The van der Waals surface area contributed by atoms with Crippen molar-refractivity contribution in [1.82, 2.24) is 0 Å². The number of nitriles is 1. The van der Waals surface area contributed by atoms with E-state index in [0.717, 1.165) is 38.0 Å². The molecule has 0 amide bonds. The van der Waals surface area contributed by atoms with E-state index in [-0.39, 0.29) is 0 Å². The van der Waals surface area contributed by atoms with Gasteiger partial charge in [0.15, 0.2) is 0 Å². The van der Waals surface area contributed by atoms with Gasteiger partial charge in [0.05, 0.1) is 11.6 Å². The van der Waals surface area contributed by atoms with Crippen molar-refractivity contribution in [3.63, 3.8) is 0 Å². The predicted molar refractivity (Wildman–Crippen MR) is 68.8 cm³/mol. The molecule has 0 fully saturated rings. The molecule has 0 saturated carbocycles. The molecule has 18 heavy (non-hydrogen) atoms. The molecule has 1 aromatic carbocycles. The fraction of sp³-hybridized carbons (Fsp3) is 0.429. The Labute approximate surface area is 106 Å². The number of nitrogens with zero attached hydrogens (tertiary/aromatic N) is 2. The van der Waals surface area contributed by atoms with Gasteiger partial charge in [-0.25, -0.2) is 4.79 Å². The summed E-state index contributed by atoms with van der Waals surface area (Å²) in [6.45, 7) is 1.85. The largest absolute Gasteiger partial charge is 0.478 e. The minimum Gasteiger partial charge on any atom is -0.478 e. The van der Waals surface area contributed by atoms with Crippen molar-refractivity contribution in [2.45, 2.75) is 25.7 Å². The van der Waals surface area contributed by atoms with Gasteiger partial charge in [0.25, 0.3) is 0 Å². The third-order valence-electron chi connectivity index (χ3n) is 3.29. The number of fused-ring (bicyclic) bond motifs is 1. The van der Waals surface area contributed by atoms with E-state index >= 15 is 0 Å². The molecule has 4 heteroatoms. The van der Waals surface area contributed by atoms with Gasteiger partial charge in [-0.15, -0.1) is 0 Å². The Morgan fingerprint density at radius 1 is 1.44 bits per heavy atom. The average molecular weight is 244 g/mol. The average Bonchev–Trinajstić information content (AvgIpc) is 2.77. The van der Waals surface area contributed by atoms with Gasteiger partial charge in [-0.1, -0.05) is 6.07 Å². The summed E-state index contributed by atoms with van der Waals surface area (Å²) in [5, 5.41) is 17.5. The minimum absolute atomic E-state index is 0.345. The lowest BCUT2D eigenvalue weighted by molar-refractivity contribution is 0.0697. The van der Waals surface area contributed by atoms with Crippen LogP contribution in [0.2, 0.25) is 0 Å². The number of hydrogen-bond donors (Lipinski definition) is 1. The highest BCUT2D eigenvalue weighted by molar-refractivity contribution is 5.89. The third kappa shape index (κ3) is 2.62. The van der Waals surface area contributed by atoms with Crippen LogP contribution >= 0.6 is 0 Å². The van der Waals surface area contributed by atoms with Crippen LogP contribution < -0.4 is 4.90 Å². The maximum Gasteiger partial charge on any atom is 0.335 e. The Balaban J connectivity index is 2.04. The van der Waals surface area contributed by atoms with Gasteiger partial charge in [-0.2, -0.15) is 5.26 Å². The van der Waals surface area contributed by atoms with Crippen LogP contribution in [-0.2, 0) is 6.42 Å². The zero-order chi connectivity index (χ0) is 13.0. The van der Waals surface area contributed by atoms with E-state index in [1.807, 2.05) is 6.07 Å². The number of carboxylic acids is 1.